The molecule has 0 aliphatic heterocycles. The van der Waals surface area contributed by atoms with Crippen LogP contribution >= 0.6 is 0 Å². The lowest BCUT2D eigenvalue weighted by molar-refractivity contribution is 0.199. The summed E-state index contributed by atoms with van der Waals surface area (Å²) in [4.78, 5) is 0. The van der Waals surface area contributed by atoms with E-state index in [9.17, 15) is 8.42 Å². The van der Waals surface area contributed by atoms with E-state index in [-0.39, 0.29) is 17.5 Å². The van der Waals surface area contributed by atoms with Gasteiger partial charge in [-0.15, -0.1) is 0 Å². The average Bonchev–Trinajstić information content (AvgIpc) is 2.47. The summed E-state index contributed by atoms with van der Waals surface area (Å²) >= 11 is 0. The van der Waals surface area contributed by atoms with E-state index < -0.39 is 9.84 Å². The van der Waals surface area contributed by atoms with Gasteiger partial charge in [-0.05, 0) is 30.7 Å². The summed E-state index contributed by atoms with van der Waals surface area (Å²) in [5.74, 6) is 0.955. The second-order valence-electron chi connectivity index (χ2n) is 4.85. The van der Waals surface area contributed by atoms with Crippen molar-refractivity contribution in [3.05, 3.63) is 29.8 Å². The lowest BCUT2D eigenvalue weighted by Crippen LogP contribution is -2.29. The highest BCUT2D eigenvalue weighted by atomic mass is 32.2. The molecule has 0 heterocycles. The minimum atomic E-state index is -3.13. The van der Waals surface area contributed by atoms with Crippen molar-refractivity contribution in [2.75, 3.05) is 38.9 Å². The number of benzene rings is 1. The Balaban J connectivity index is 2.81. The van der Waals surface area contributed by atoms with Crippen LogP contribution in [0.1, 0.15) is 24.9 Å². The third kappa shape index (κ3) is 6.46. The summed E-state index contributed by atoms with van der Waals surface area (Å²) in [6, 6.07) is 7.28. The van der Waals surface area contributed by atoms with Crippen LogP contribution in [0.5, 0.6) is 5.75 Å². The van der Waals surface area contributed by atoms with Crippen molar-refractivity contribution in [1.82, 2.24) is 5.32 Å². The molecule has 0 amide bonds. The van der Waals surface area contributed by atoms with Gasteiger partial charge in [0.05, 0.1) is 18.6 Å². The average molecular weight is 315 g/mol. The van der Waals surface area contributed by atoms with Crippen LogP contribution in [0.15, 0.2) is 24.3 Å². The summed E-state index contributed by atoms with van der Waals surface area (Å²) < 4.78 is 34.5. The minimum Gasteiger partial charge on any atom is -0.497 e. The summed E-state index contributed by atoms with van der Waals surface area (Å²) in [5.41, 5.74) is 0.923. The van der Waals surface area contributed by atoms with Crippen LogP contribution in [0.4, 0.5) is 0 Å². The summed E-state index contributed by atoms with van der Waals surface area (Å²) in [6.45, 7) is 3.13. The van der Waals surface area contributed by atoms with Crippen LogP contribution in [0.2, 0.25) is 0 Å². The molecule has 1 aromatic rings. The molecule has 0 saturated carbocycles. The Kier molecular flexibility index (Phi) is 7.71. The highest BCUT2D eigenvalue weighted by molar-refractivity contribution is 7.91. The van der Waals surface area contributed by atoms with Crippen LogP contribution in [-0.2, 0) is 14.6 Å². The molecule has 1 aromatic carbocycles. The molecule has 0 aliphatic carbocycles. The van der Waals surface area contributed by atoms with Crippen LogP contribution in [0.25, 0.3) is 0 Å². The van der Waals surface area contributed by atoms with Crippen molar-refractivity contribution in [2.24, 2.45) is 0 Å². The Labute approximate surface area is 127 Å². The number of nitrogens with one attached hydrogen (secondary N) is 1. The molecule has 120 valence electrons. The van der Waals surface area contributed by atoms with Gasteiger partial charge in [0.2, 0.25) is 0 Å². The fourth-order valence-corrected chi connectivity index (χ4v) is 3.68. The molecule has 1 rings (SSSR count). The van der Waals surface area contributed by atoms with E-state index in [1.54, 1.807) is 14.2 Å². The standard InChI is InChI=1S/C15H25NO4S/c1-4-16-15(12-21(17,18)10-6-9-19-2)13-7-5-8-14(11-13)20-3/h5,7-8,11,15-16H,4,6,9-10,12H2,1-3H3. The fraction of sp³-hybridized carbons (Fsp3) is 0.600. The van der Waals surface area contributed by atoms with Crippen molar-refractivity contribution in [1.29, 1.82) is 0 Å². The summed E-state index contributed by atoms with van der Waals surface area (Å²) in [6.07, 6.45) is 0.524. The third-order valence-electron chi connectivity index (χ3n) is 3.17. The molecule has 6 heteroatoms. The Morgan fingerprint density at radius 1 is 1.29 bits per heavy atom. The van der Waals surface area contributed by atoms with Gasteiger partial charge in [-0.2, -0.15) is 0 Å². The molecule has 1 atom stereocenters. The SMILES string of the molecule is CCNC(CS(=O)(=O)CCCOC)c1cccc(OC)c1. The fourth-order valence-electron chi connectivity index (χ4n) is 2.14. The molecule has 0 spiro atoms. The molecule has 0 fully saturated rings. The number of rotatable bonds is 10. The van der Waals surface area contributed by atoms with Gasteiger partial charge in [0.15, 0.2) is 9.84 Å². The molecule has 0 aromatic heterocycles. The van der Waals surface area contributed by atoms with Gasteiger partial charge in [-0.25, -0.2) is 8.42 Å². The van der Waals surface area contributed by atoms with Crippen LogP contribution in [0, 0.1) is 0 Å². The van der Waals surface area contributed by atoms with E-state index in [2.05, 4.69) is 5.32 Å². The maximum absolute atomic E-state index is 12.2. The van der Waals surface area contributed by atoms with Crippen LogP contribution in [0.3, 0.4) is 0 Å². The van der Waals surface area contributed by atoms with Crippen molar-refractivity contribution in [3.8, 4) is 5.75 Å². The van der Waals surface area contributed by atoms with Crippen LogP contribution in [-0.4, -0.2) is 47.3 Å². The van der Waals surface area contributed by atoms with Gasteiger partial charge in [-0.1, -0.05) is 19.1 Å². The number of hydrogen-bond donors (Lipinski definition) is 1. The Morgan fingerprint density at radius 2 is 2.05 bits per heavy atom. The highest BCUT2D eigenvalue weighted by Crippen LogP contribution is 2.21. The molecule has 0 radical (unpaired) electrons. The minimum absolute atomic E-state index is 0.0811. The first-order valence-corrected chi connectivity index (χ1v) is 8.91. The maximum Gasteiger partial charge on any atom is 0.152 e. The van der Waals surface area contributed by atoms with E-state index in [1.807, 2.05) is 31.2 Å². The molecular weight excluding hydrogens is 290 g/mol. The topological polar surface area (TPSA) is 64.6 Å². The third-order valence-corrected chi connectivity index (χ3v) is 4.92. The quantitative estimate of drug-likeness (QED) is 0.667. The second-order valence-corrected chi connectivity index (χ2v) is 7.08. The summed E-state index contributed by atoms with van der Waals surface area (Å²) in [7, 11) is 0.0475. The zero-order valence-corrected chi connectivity index (χ0v) is 13.8. The smallest absolute Gasteiger partial charge is 0.152 e. The van der Waals surface area contributed by atoms with E-state index in [4.69, 9.17) is 9.47 Å². The Hall–Kier alpha value is -1.11. The van der Waals surface area contributed by atoms with E-state index in [0.29, 0.717) is 19.6 Å². The molecular formula is C15H25NO4S. The van der Waals surface area contributed by atoms with Crippen molar-refractivity contribution in [2.45, 2.75) is 19.4 Å². The predicted octanol–water partition coefficient (Wildman–Crippen LogP) is 1.80. The first-order chi connectivity index (χ1) is 10.0. The van der Waals surface area contributed by atoms with E-state index in [1.165, 1.54) is 0 Å². The first-order valence-electron chi connectivity index (χ1n) is 7.09. The zero-order valence-electron chi connectivity index (χ0n) is 13.0. The van der Waals surface area contributed by atoms with Gasteiger partial charge in [0.1, 0.15) is 5.75 Å². The van der Waals surface area contributed by atoms with Crippen molar-refractivity contribution < 1.29 is 17.9 Å². The second kappa shape index (κ2) is 9.02. The largest absolute Gasteiger partial charge is 0.497 e. The first kappa shape index (κ1) is 17.9. The number of ether oxygens (including phenoxy) is 2. The van der Waals surface area contributed by atoms with E-state index >= 15 is 0 Å². The lowest BCUT2D eigenvalue weighted by Gasteiger charge is -2.19. The van der Waals surface area contributed by atoms with Gasteiger partial charge in [0.25, 0.3) is 0 Å². The molecule has 0 aliphatic rings. The molecule has 0 bridgehead atoms. The Bertz CT molecular complexity index is 516. The van der Waals surface area contributed by atoms with E-state index in [0.717, 1.165) is 11.3 Å². The molecule has 5 nitrogen and oxygen atoms in total. The van der Waals surface area contributed by atoms with Crippen LogP contribution < -0.4 is 10.1 Å². The monoisotopic (exact) mass is 315 g/mol. The lowest BCUT2D eigenvalue weighted by atomic mass is 10.1. The molecule has 1 unspecified atom stereocenters. The molecule has 21 heavy (non-hydrogen) atoms. The molecule has 0 saturated heterocycles. The maximum atomic E-state index is 12.2. The number of sulfone groups is 1. The van der Waals surface area contributed by atoms with Gasteiger partial charge >= 0.3 is 0 Å². The predicted molar refractivity (Wildman–Crippen MR) is 84.6 cm³/mol. The summed E-state index contributed by atoms with van der Waals surface area (Å²) in [5, 5.41) is 3.23. The highest BCUT2D eigenvalue weighted by Gasteiger charge is 2.20. The number of methoxy groups -OCH3 is 2. The van der Waals surface area contributed by atoms with Gasteiger partial charge in [-0.3, -0.25) is 0 Å². The van der Waals surface area contributed by atoms with Crippen molar-refractivity contribution in [3.63, 3.8) is 0 Å². The van der Waals surface area contributed by atoms with Crippen molar-refractivity contribution >= 4 is 9.84 Å². The van der Waals surface area contributed by atoms with Gasteiger partial charge in [0, 0.05) is 19.8 Å². The molecule has 1 N–H and O–H groups in total. The number of hydrogen-bond acceptors (Lipinski definition) is 5. The Morgan fingerprint density at radius 3 is 2.67 bits per heavy atom. The normalized spacial score (nSPS) is 13.1. The zero-order chi connectivity index (χ0) is 15.7. The van der Waals surface area contributed by atoms with Gasteiger partial charge < -0.3 is 14.8 Å².